The van der Waals surface area contributed by atoms with Gasteiger partial charge in [0, 0.05) is 0 Å². The highest BCUT2D eigenvalue weighted by atomic mass is 28.2. The molecule has 174 valence electrons. The third kappa shape index (κ3) is 16.1. The Morgan fingerprint density at radius 2 is 0.867 bits per heavy atom. The van der Waals surface area contributed by atoms with E-state index in [2.05, 4.69) is 27.7 Å². The lowest BCUT2D eigenvalue weighted by atomic mass is 9.96. The Hall–Kier alpha value is -0.626. The lowest BCUT2D eigenvalue weighted by Gasteiger charge is -2.15. The summed E-state index contributed by atoms with van der Waals surface area (Å²) in [7, 11) is 0.528. The maximum Gasteiger partial charge on any atom is 0.314 e. The van der Waals surface area contributed by atoms with Crippen molar-refractivity contribution in [3.8, 4) is 0 Å². The Kier molecular flexibility index (Phi) is 21.1. The molecule has 0 unspecified atom stereocenters. The summed E-state index contributed by atoms with van der Waals surface area (Å²) in [5.74, 6) is 0.200. The number of unbranched alkanes of at least 4 members (excludes halogenated alkanes) is 5. The molecule has 4 radical (unpaired) electrons. The molecule has 0 aliphatic carbocycles. The molecule has 0 aromatic carbocycles. The third-order valence-corrected chi connectivity index (χ3v) is 7.25. The molecule has 0 amide bonds. The third-order valence-electron chi connectivity index (χ3n) is 5.44. The highest BCUT2D eigenvalue weighted by molar-refractivity contribution is 6.31. The summed E-state index contributed by atoms with van der Waals surface area (Å²) < 4.78 is 11.1. The predicted molar refractivity (Wildman–Crippen MR) is 128 cm³/mol. The standard InChI is InChI=1S/C24H46O4Si2/c1-5-9-15-21(16-10-6-2)23(25)27-29-19-13-14-20-30-28-24(26)22(17-11-7-3)18-12-8-4/h21-22H,5-20H2,1-4H3. The van der Waals surface area contributed by atoms with Crippen LogP contribution in [0.2, 0.25) is 12.1 Å². The minimum atomic E-state index is 0.0104. The largest absolute Gasteiger partial charge is 0.516 e. The zero-order valence-corrected chi connectivity index (χ0v) is 22.1. The van der Waals surface area contributed by atoms with Gasteiger partial charge in [-0.1, -0.05) is 91.9 Å². The molecular formula is C24H46O4Si2. The molecule has 0 aliphatic rings. The van der Waals surface area contributed by atoms with Gasteiger partial charge in [0.25, 0.3) is 11.9 Å². The van der Waals surface area contributed by atoms with Crippen LogP contribution in [-0.2, 0) is 18.4 Å². The second-order valence-corrected chi connectivity index (χ2v) is 10.3. The van der Waals surface area contributed by atoms with E-state index in [1.54, 1.807) is 0 Å². The van der Waals surface area contributed by atoms with E-state index < -0.39 is 0 Å². The van der Waals surface area contributed by atoms with Crippen molar-refractivity contribution in [1.29, 1.82) is 0 Å². The molecule has 0 atom stereocenters. The van der Waals surface area contributed by atoms with Crippen molar-refractivity contribution in [3.63, 3.8) is 0 Å². The smallest absolute Gasteiger partial charge is 0.314 e. The minimum absolute atomic E-state index is 0.0104. The van der Waals surface area contributed by atoms with E-state index >= 15 is 0 Å². The molecule has 6 heteroatoms. The van der Waals surface area contributed by atoms with Gasteiger partial charge in [-0.25, -0.2) is 0 Å². The van der Waals surface area contributed by atoms with E-state index in [4.69, 9.17) is 8.85 Å². The van der Waals surface area contributed by atoms with Crippen LogP contribution in [0.15, 0.2) is 0 Å². The number of hydrogen-bond donors (Lipinski definition) is 0. The Bertz CT molecular complexity index is 364. The number of carbonyl (C=O) groups excluding carboxylic acids is 2. The van der Waals surface area contributed by atoms with Gasteiger partial charge in [-0.3, -0.25) is 9.59 Å². The fourth-order valence-electron chi connectivity index (χ4n) is 3.37. The van der Waals surface area contributed by atoms with Gasteiger partial charge in [0.05, 0.1) is 11.8 Å². The molecule has 0 saturated heterocycles. The van der Waals surface area contributed by atoms with Gasteiger partial charge < -0.3 is 8.85 Å². The maximum absolute atomic E-state index is 12.3. The number of carbonyl (C=O) groups is 2. The van der Waals surface area contributed by atoms with Crippen molar-refractivity contribution in [2.75, 3.05) is 0 Å². The molecule has 0 aliphatic heterocycles. The first kappa shape index (κ1) is 29.4. The average molecular weight is 455 g/mol. The highest BCUT2D eigenvalue weighted by Crippen LogP contribution is 2.19. The van der Waals surface area contributed by atoms with Crippen molar-refractivity contribution < 1.29 is 18.4 Å². The fraction of sp³-hybridized carbons (Fsp3) is 0.917. The Labute approximate surface area is 191 Å². The molecule has 0 aromatic heterocycles. The van der Waals surface area contributed by atoms with Gasteiger partial charge in [0.2, 0.25) is 0 Å². The molecule has 0 bridgehead atoms. The zero-order valence-electron chi connectivity index (χ0n) is 20.1. The SMILES string of the molecule is CCCCC(CCCC)C(=O)O[Si]CCCC[Si]OC(=O)C(CCCC)CCCC. The second kappa shape index (κ2) is 21.6. The van der Waals surface area contributed by atoms with Gasteiger partial charge in [-0.15, -0.1) is 0 Å². The van der Waals surface area contributed by atoms with Crippen molar-refractivity contribution in [3.05, 3.63) is 0 Å². The number of hydrogen-bond acceptors (Lipinski definition) is 4. The lowest BCUT2D eigenvalue weighted by Crippen LogP contribution is -2.20. The van der Waals surface area contributed by atoms with Crippen LogP contribution < -0.4 is 0 Å². The first-order valence-corrected chi connectivity index (χ1v) is 14.7. The van der Waals surface area contributed by atoms with Gasteiger partial charge in [0.1, 0.15) is 0 Å². The lowest BCUT2D eigenvalue weighted by molar-refractivity contribution is -0.140. The van der Waals surface area contributed by atoms with E-state index in [-0.39, 0.29) is 43.3 Å². The molecule has 0 rings (SSSR count). The van der Waals surface area contributed by atoms with E-state index in [0.717, 1.165) is 102 Å². The van der Waals surface area contributed by atoms with Crippen LogP contribution in [-0.4, -0.2) is 31.5 Å². The monoisotopic (exact) mass is 454 g/mol. The topological polar surface area (TPSA) is 52.6 Å². The van der Waals surface area contributed by atoms with Crippen molar-refractivity contribution in [1.82, 2.24) is 0 Å². The Morgan fingerprint density at radius 1 is 0.567 bits per heavy atom. The summed E-state index contributed by atoms with van der Waals surface area (Å²) in [6.07, 6.45) is 14.8. The summed E-state index contributed by atoms with van der Waals surface area (Å²) in [6, 6.07) is 1.85. The molecule has 0 N–H and O–H groups in total. The van der Waals surface area contributed by atoms with Crippen LogP contribution in [0.4, 0.5) is 0 Å². The predicted octanol–water partition coefficient (Wildman–Crippen LogP) is 6.92. The van der Waals surface area contributed by atoms with Crippen LogP contribution in [0.5, 0.6) is 0 Å². The van der Waals surface area contributed by atoms with Crippen molar-refractivity contribution >= 4 is 31.5 Å². The Balaban J connectivity index is 3.88. The number of rotatable bonds is 21. The van der Waals surface area contributed by atoms with E-state index in [1.807, 2.05) is 0 Å². The summed E-state index contributed by atoms with van der Waals surface area (Å²) in [5.41, 5.74) is 0. The molecule has 0 spiro atoms. The maximum atomic E-state index is 12.3. The van der Waals surface area contributed by atoms with Gasteiger partial charge in [0.15, 0.2) is 0 Å². The fourth-order valence-corrected chi connectivity index (χ4v) is 4.98. The zero-order chi connectivity index (χ0) is 22.5. The van der Waals surface area contributed by atoms with Crippen molar-refractivity contribution in [2.45, 2.75) is 130 Å². The van der Waals surface area contributed by atoms with Gasteiger partial charge in [-0.05, 0) is 37.8 Å². The molecule has 0 fully saturated rings. The van der Waals surface area contributed by atoms with Crippen LogP contribution in [0, 0.1) is 11.8 Å². The van der Waals surface area contributed by atoms with Gasteiger partial charge in [-0.2, -0.15) is 0 Å². The molecule has 0 aromatic rings. The quantitative estimate of drug-likeness (QED) is 0.139. The molecule has 4 nitrogen and oxygen atoms in total. The first-order valence-electron chi connectivity index (χ1n) is 12.5. The Morgan fingerprint density at radius 3 is 1.13 bits per heavy atom. The van der Waals surface area contributed by atoms with Crippen LogP contribution in [0.25, 0.3) is 0 Å². The van der Waals surface area contributed by atoms with Crippen LogP contribution in [0.1, 0.15) is 118 Å². The molecule has 30 heavy (non-hydrogen) atoms. The molecule has 0 heterocycles. The summed E-state index contributed by atoms with van der Waals surface area (Å²) in [5, 5.41) is 0. The van der Waals surface area contributed by atoms with E-state index in [1.165, 1.54) is 0 Å². The molecular weight excluding hydrogens is 408 g/mol. The normalized spacial score (nSPS) is 11.3. The second-order valence-electron chi connectivity index (χ2n) is 8.30. The van der Waals surface area contributed by atoms with Crippen molar-refractivity contribution in [2.24, 2.45) is 11.8 Å². The van der Waals surface area contributed by atoms with Crippen LogP contribution >= 0.6 is 0 Å². The minimum Gasteiger partial charge on any atom is -0.516 e. The van der Waals surface area contributed by atoms with Crippen LogP contribution in [0.3, 0.4) is 0 Å². The summed E-state index contributed by atoms with van der Waals surface area (Å²) >= 11 is 0. The summed E-state index contributed by atoms with van der Waals surface area (Å²) in [4.78, 5) is 24.6. The van der Waals surface area contributed by atoms with E-state index in [0.29, 0.717) is 0 Å². The van der Waals surface area contributed by atoms with E-state index in [9.17, 15) is 9.59 Å². The average Bonchev–Trinajstić information content (AvgIpc) is 2.75. The summed E-state index contributed by atoms with van der Waals surface area (Å²) in [6.45, 7) is 8.66. The molecule has 0 saturated carbocycles. The first-order chi connectivity index (χ1) is 14.6. The van der Waals surface area contributed by atoms with Gasteiger partial charge >= 0.3 is 19.5 Å². The highest BCUT2D eigenvalue weighted by Gasteiger charge is 2.20.